The zero-order chi connectivity index (χ0) is 11.8. The molecule has 3 aromatic rings. The number of nitrogens with zero attached hydrogens (tertiary/aromatic N) is 2. The molecule has 0 radical (unpaired) electrons. The number of non-ortho nitro benzene ring substituents is 1. The summed E-state index contributed by atoms with van der Waals surface area (Å²) in [7, 11) is 0. The fraction of sp³-hybridized carbons (Fsp3) is 0. The van der Waals surface area contributed by atoms with Gasteiger partial charge in [0.25, 0.3) is 5.69 Å². The van der Waals surface area contributed by atoms with Crippen molar-refractivity contribution in [3.8, 4) is 0 Å². The number of rotatable bonds is 1. The van der Waals surface area contributed by atoms with Crippen LogP contribution in [-0.2, 0) is 0 Å². The van der Waals surface area contributed by atoms with E-state index in [0.29, 0.717) is 0 Å². The van der Waals surface area contributed by atoms with Crippen LogP contribution in [0.4, 0.5) is 5.69 Å². The molecule has 0 saturated heterocycles. The van der Waals surface area contributed by atoms with E-state index < -0.39 is 0 Å². The van der Waals surface area contributed by atoms with Gasteiger partial charge in [0.15, 0.2) is 6.20 Å². The van der Waals surface area contributed by atoms with Gasteiger partial charge >= 0.3 is 0 Å². The molecular weight excluding hydrogens is 252 g/mol. The highest BCUT2D eigenvalue weighted by molar-refractivity contribution is 5.79. The van der Waals surface area contributed by atoms with Crippen LogP contribution in [-0.4, -0.2) is 4.92 Å². The molecule has 3 rings (SSSR count). The van der Waals surface area contributed by atoms with E-state index in [9.17, 15) is 10.1 Å². The van der Waals surface area contributed by atoms with Gasteiger partial charge in [0.05, 0.1) is 11.0 Å². The molecule has 0 aliphatic carbocycles. The van der Waals surface area contributed by atoms with E-state index in [1.54, 1.807) is 12.1 Å². The molecule has 90 valence electrons. The number of hydrogen-bond acceptors (Lipinski definition) is 2. The first kappa shape index (κ1) is 12.3. The molecule has 0 unspecified atom stereocenters. The minimum absolute atomic E-state index is 0. The largest absolute Gasteiger partial charge is 1.00 e. The molecule has 4 nitrogen and oxygen atoms in total. The van der Waals surface area contributed by atoms with Crippen molar-refractivity contribution in [1.82, 2.24) is 0 Å². The zero-order valence-corrected chi connectivity index (χ0v) is 10.0. The molecule has 0 bridgehead atoms. The molecular formula is C13H9ClN2O2. The summed E-state index contributed by atoms with van der Waals surface area (Å²) in [5, 5.41) is 11.8. The summed E-state index contributed by atoms with van der Waals surface area (Å²) in [6.07, 6.45) is 1.90. The van der Waals surface area contributed by atoms with Crippen LogP contribution in [0.1, 0.15) is 0 Å². The van der Waals surface area contributed by atoms with Gasteiger partial charge in [-0.1, -0.05) is 0 Å². The molecule has 1 aromatic carbocycles. The Morgan fingerprint density at radius 1 is 1.06 bits per heavy atom. The van der Waals surface area contributed by atoms with Crippen LogP contribution < -0.4 is 16.8 Å². The van der Waals surface area contributed by atoms with E-state index in [-0.39, 0.29) is 23.0 Å². The van der Waals surface area contributed by atoms with Crippen LogP contribution in [0.2, 0.25) is 0 Å². The lowest BCUT2D eigenvalue weighted by molar-refractivity contribution is -0.482. The summed E-state index contributed by atoms with van der Waals surface area (Å²) in [5.74, 6) is 0. The van der Waals surface area contributed by atoms with E-state index in [1.807, 2.05) is 40.9 Å². The minimum Gasteiger partial charge on any atom is -1.00 e. The normalized spacial score (nSPS) is 10.2. The van der Waals surface area contributed by atoms with E-state index in [2.05, 4.69) is 0 Å². The maximum atomic E-state index is 10.8. The average Bonchev–Trinajstić information content (AvgIpc) is 2.38. The van der Waals surface area contributed by atoms with E-state index in [0.717, 1.165) is 16.4 Å². The molecule has 0 N–H and O–H groups in total. The monoisotopic (exact) mass is 260 g/mol. The van der Waals surface area contributed by atoms with Crippen molar-refractivity contribution in [3.05, 3.63) is 64.8 Å². The lowest BCUT2D eigenvalue weighted by Gasteiger charge is -1.97. The smallest absolute Gasteiger partial charge is 0.276 e. The Bertz CT molecular complexity index is 743. The maximum Gasteiger partial charge on any atom is 0.276 e. The average molecular weight is 261 g/mol. The fourth-order valence-electron chi connectivity index (χ4n) is 1.98. The summed E-state index contributed by atoms with van der Waals surface area (Å²) >= 11 is 0. The number of benzene rings is 1. The highest BCUT2D eigenvalue weighted by Crippen LogP contribution is 2.18. The molecule has 0 aliphatic rings. The number of halogens is 1. The van der Waals surface area contributed by atoms with Gasteiger partial charge in [-0.25, -0.2) is 0 Å². The Labute approximate surface area is 109 Å². The number of pyridine rings is 2. The molecule has 0 spiro atoms. The second-order valence-corrected chi connectivity index (χ2v) is 3.83. The second kappa shape index (κ2) is 4.58. The molecule has 0 saturated carbocycles. The quantitative estimate of drug-likeness (QED) is 0.256. The Kier molecular flexibility index (Phi) is 3.12. The van der Waals surface area contributed by atoms with Crippen LogP contribution in [0.25, 0.3) is 16.4 Å². The Hall–Kier alpha value is -2.20. The topological polar surface area (TPSA) is 47.2 Å². The van der Waals surface area contributed by atoms with Gasteiger partial charge in [-0.2, -0.15) is 4.40 Å². The Morgan fingerprint density at radius 2 is 1.83 bits per heavy atom. The van der Waals surface area contributed by atoms with Gasteiger partial charge in [0.1, 0.15) is 0 Å². The summed E-state index contributed by atoms with van der Waals surface area (Å²) in [4.78, 5) is 10.4. The highest BCUT2D eigenvalue weighted by atomic mass is 35.5. The third-order valence-electron chi connectivity index (χ3n) is 2.81. The number of hydrogen-bond donors (Lipinski definition) is 0. The van der Waals surface area contributed by atoms with Gasteiger partial charge in [0.2, 0.25) is 11.0 Å². The Balaban J connectivity index is 0.00000120. The van der Waals surface area contributed by atoms with Gasteiger partial charge in [-0.15, -0.1) is 0 Å². The predicted octanol–water partition coefficient (Wildman–Crippen LogP) is -0.509. The molecule has 2 aromatic heterocycles. The first-order valence-electron chi connectivity index (χ1n) is 5.23. The van der Waals surface area contributed by atoms with Crippen LogP contribution >= 0.6 is 0 Å². The van der Waals surface area contributed by atoms with Crippen molar-refractivity contribution >= 4 is 22.1 Å². The lowest BCUT2D eigenvalue weighted by atomic mass is 10.2. The van der Waals surface area contributed by atoms with Crippen molar-refractivity contribution in [3.63, 3.8) is 0 Å². The lowest BCUT2D eigenvalue weighted by Crippen LogP contribution is -3.00. The summed E-state index contributed by atoms with van der Waals surface area (Å²) in [6.45, 7) is 0. The molecule has 0 amide bonds. The number of aromatic nitrogens is 1. The fourth-order valence-corrected chi connectivity index (χ4v) is 1.98. The molecule has 0 aliphatic heterocycles. The second-order valence-electron chi connectivity index (χ2n) is 3.83. The SMILES string of the molecule is O=[N+]([O-])c1ccc2ccc3cccc[n+]3c2c1.[Cl-]. The molecule has 18 heavy (non-hydrogen) atoms. The summed E-state index contributed by atoms with van der Waals surface area (Å²) in [6, 6.07) is 14.7. The van der Waals surface area contributed by atoms with Crippen molar-refractivity contribution in [2.75, 3.05) is 0 Å². The molecule has 2 heterocycles. The van der Waals surface area contributed by atoms with Crippen molar-refractivity contribution in [2.24, 2.45) is 0 Å². The first-order valence-corrected chi connectivity index (χ1v) is 5.23. The van der Waals surface area contributed by atoms with Gasteiger partial charge in [-0.3, -0.25) is 10.1 Å². The van der Waals surface area contributed by atoms with Crippen molar-refractivity contribution < 1.29 is 21.7 Å². The third kappa shape index (κ3) is 1.87. The van der Waals surface area contributed by atoms with Crippen LogP contribution in [0.3, 0.4) is 0 Å². The van der Waals surface area contributed by atoms with Gasteiger partial charge in [-0.05, 0) is 18.2 Å². The van der Waals surface area contributed by atoms with E-state index >= 15 is 0 Å². The molecule has 5 heteroatoms. The summed E-state index contributed by atoms with van der Waals surface area (Å²) < 4.78 is 1.95. The molecule has 0 fully saturated rings. The van der Waals surface area contributed by atoms with Crippen LogP contribution in [0.5, 0.6) is 0 Å². The highest BCUT2D eigenvalue weighted by Gasteiger charge is 2.13. The number of nitro benzene ring substituents is 1. The number of fused-ring (bicyclic) bond motifs is 3. The standard InChI is InChI=1S/C13H9N2O2.ClH/c16-15(17)12-7-5-10-4-6-11-3-1-2-8-14(11)13(10)9-12;/h1-9H;1H/q+1;/p-1. The van der Waals surface area contributed by atoms with E-state index in [1.165, 1.54) is 6.07 Å². The van der Waals surface area contributed by atoms with Crippen LogP contribution in [0.15, 0.2) is 54.7 Å². The van der Waals surface area contributed by atoms with Gasteiger partial charge < -0.3 is 12.4 Å². The minimum atomic E-state index is -0.373. The first-order chi connectivity index (χ1) is 8.25. The third-order valence-corrected chi connectivity index (χ3v) is 2.81. The molecule has 0 atom stereocenters. The maximum absolute atomic E-state index is 10.8. The number of nitro groups is 1. The zero-order valence-electron chi connectivity index (χ0n) is 9.29. The van der Waals surface area contributed by atoms with E-state index in [4.69, 9.17) is 0 Å². The Morgan fingerprint density at radius 3 is 2.61 bits per heavy atom. The van der Waals surface area contributed by atoms with Gasteiger partial charge in [0, 0.05) is 29.7 Å². The summed E-state index contributed by atoms with van der Waals surface area (Å²) in [5.41, 5.74) is 1.97. The van der Waals surface area contributed by atoms with Crippen molar-refractivity contribution in [1.29, 1.82) is 0 Å². The van der Waals surface area contributed by atoms with Crippen LogP contribution in [0, 0.1) is 10.1 Å². The predicted molar refractivity (Wildman–Crippen MR) is 63.8 cm³/mol. The van der Waals surface area contributed by atoms with Crippen molar-refractivity contribution in [2.45, 2.75) is 0 Å².